The summed E-state index contributed by atoms with van der Waals surface area (Å²) in [7, 11) is 0. The standard InChI is InChI=1S/C12H15BrN2O2/c1-3-11(14-15-12(16)17-4-2)9-5-7-10(13)8-6-9/h5-8H,3-4H2,1-2H3,(H,15,16)/b14-11-. The number of benzene rings is 1. The minimum absolute atomic E-state index is 0.334. The van der Waals surface area contributed by atoms with Gasteiger partial charge in [-0.25, -0.2) is 10.2 Å². The number of hydrazone groups is 1. The van der Waals surface area contributed by atoms with E-state index in [2.05, 4.69) is 26.5 Å². The molecule has 1 aromatic carbocycles. The molecule has 0 fully saturated rings. The van der Waals surface area contributed by atoms with Gasteiger partial charge in [-0.15, -0.1) is 0 Å². The predicted octanol–water partition coefficient (Wildman–Crippen LogP) is 3.31. The predicted molar refractivity (Wildman–Crippen MR) is 71.1 cm³/mol. The number of nitrogens with one attached hydrogen (secondary N) is 1. The van der Waals surface area contributed by atoms with Gasteiger partial charge in [0.05, 0.1) is 12.3 Å². The summed E-state index contributed by atoms with van der Waals surface area (Å²) in [5, 5.41) is 4.04. The van der Waals surface area contributed by atoms with Crippen LogP contribution in [0, 0.1) is 0 Å². The van der Waals surface area contributed by atoms with Crippen LogP contribution in [0.1, 0.15) is 25.8 Å². The van der Waals surface area contributed by atoms with E-state index in [-0.39, 0.29) is 0 Å². The topological polar surface area (TPSA) is 50.7 Å². The van der Waals surface area contributed by atoms with Crippen LogP contribution in [0.15, 0.2) is 33.8 Å². The maximum absolute atomic E-state index is 11.1. The van der Waals surface area contributed by atoms with Crippen LogP contribution < -0.4 is 5.43 Å². The van der Waals surface area contributed by atoms with E-state index in [0.29, 0.717) is 6.61 Å². The second-order valence-electron chi connectivity index (χ2n) is 3.25. The van der Waals surface area contributed by atoms with Gasteiger partial charge >= 0.3 is 6.09 Å². The molecule has 0 saturated heterocycles. The SMILES string of the molecule is CCOC(=O)N/N=C(/CC)c1ccc(Br)cc1. The van der Waals surface area contributed by atoms with Gasteiger partial charge in [0.2, 0.25) is 0 Å². The highest BCUT2D eigenvalue weighted by atomic mass is 79.9. The molecule has 0 atom stereocenters. The zero-order valence-electron chi connectivity index (χ0n) is 9.87. The van der Waals surface area contributed by atoms with Crippen molar-refractivity contribution < 1.29 is 9.53 Å². The molecule has 0 spiro atoms. The van der Waals surface area contributed by atoms with Crippen molar-refractivity contribution in [2.45, 2.75) is 20.3 Å². The fourth-order valence-corrected chi connectivity index (χ4v) is 1.53. The lowest BCUT2D eigenvalue weighted by atomic mass is 10.1. The van der Waals surface area contributed by atoms with E-state index in [1.807, 2.05) is 31.2 Å². The Morgan fingerprint density at radius 1 is 1.35 bits per heavy atom. The molecule has 0 unspecified atom stereocenters. The number of amides is 1. The van der Waals surface area contributed by atoms with Crippen molar-refractivity contribution in [1.29, 1.82) is 0 Å². The zero-order chi connectivity index (χ0) is 12.7. The second-order valence-corrected chi connectivity index (χ2v) is 4.17. The van der Waals surface area contributed by atoms with Gasteiger partial charge in [-0.05, 0) is 31.0 Å². The Morgan fingerprint density at radius 3 is 2.53 bits per heavy atom. The van der Waals surface area contributed by atoms with Crippen molar-refractivity contribution in [1.82, 2.24) is 5.43 Å². The molecule has 0 saturated carbocycles. The van der Waals surface area contributed by atoms with E-state index in [4.69, 9.17) is 4.74 Å². The molecule has 0 heterocycles. The van der Waals surface area contributed by atoms with Crippen molar-refractivity contribution in [3.05, 3.63) is 34.3 Å². The number of carbonyl (C=O) groups excluding carboxylic acids is 1. The average Bonchev–Trinajstić information content (AvgIpc) is 2.32. The summed E-state index contributed by atoms with van der Waals surface area (Å²) in [6, 6.07) is 7.76. The molecule has 5 heteroatoms. The normalized spacial score (nSPS) is 11.1. The molecule has 0 bridgehead atoms. The number of hydrogen-bond acceptors (Lipinski definition) is 3. The Kier molecular flexibility index (Phi) is 5.69. The summed E-state index contributed by atoms with van der Waals surface area (Å²) < 4.78 is 5.74. The first-order chi connectivity index (χ1) is 8.17. The molecule has 0 aliphatic heterocycles. The van der Waals surface area contributed by atoms with Crippen LogP contribution in [0.4, 0.5) is 4.79 Å². The molecule has 17 heavy (non-hydrogen) atoms. The fraction of sp³-hybridized carbons (Fsp3) is 0.333. The van der Waals surface area contributed by atoms with Crippen molar-refractivity contribution >= 4 is 27.7 Å². The fourth-order valence-electron chi connectivity index (χ4n) is 1.27. The minimum Gasteiger partial charge on any atom is -0.449 e. The monoisotopic (exact) mass is 298 g/mol. The zero-order valence-corrected chi connectivity index (χ0v) is 11.5. The molecule has 92 valence electrons. The summed E-state index contributed by atoms with van der Waals surface area (Å²) in [5.74, 6) is 0. The molecule has 1 rings (SSSR count). The third-order valence-corrected chi connectivity index (χ3v) is 2.60. The van der Waals surface area contributed by atoms with Gasteiger partial charge in [0.25, 0.3) is 0 Å². The Labute approximate surface area is 109 Å². The van der Waals surface area contributed by atoms with Crippen LogP contribution in [0.3, 0.4) is 0 Å². The summed E-state index contributed by atoms with van der Waals surface area (Å²) in [6.45, 7) is 4.06. The van der Waals surface area contributed by atoms with Crippen molar-refractivity contribution in [2.75, 3.05) is 6.61 Å². The van der Waals surface area contributed by atoms with Crippen LogP contribution in [-0.4, -0.2) is 18.4 Å². The van der Waals surface area contributed by atoms with E-state index < -0.39 is 6.09 Å². The molecule has 1 N–H and O–H groups in total. The maximum Gasteiger partial charge on any atom is 0.427 e. The Balaban J connectivity index is 2.73. The number of halogens is 1. The van der Waals surface area contributed by atoms with Crippen LogP contribution in [-0.2, 0) is 4.74 Å². The number of hydrogen-bond donors (Lipinski definition) is 1. The second kappa shape index (κ2) is 7.06. The highest BCUT2D eigenvalue weighted by Gasteiger charge is 2.03. The van der Waals surface area contributed by atoms with Crippen LogP contribution in [0.2, 0.25) is 0 Å². The molecule has 1 amide bonds. The first kappa shape index (κ1) is 13.7. The highest BCUT2D eigenvalue weighted by Crippen LogP contribution is 2.12. The first-order valence-corrected chi connectivity index (χ1v) is 6.22. The molecule has 0 aliphatic rings. The quantitative estimate of drug-likeness (QED) is 0.685. The summed E-state index contributed by atoms with van der Waals surface area (Å²) >= 11 is 3.37. The van der Waals surface area contributed by atoms with Gasteiger partial charge < -0.3 is 4.74 Å². The Morgan fingerprint density at radius 2 is 2.00 bits per heavy atom. The average molecular weight is 299 g/mol. The number of rotatable bonds is 4. The third-order valence-electron chi connectivity index (χ3n) is 2.07. The minimum atomic E-state index is -0.532. The van der Waals surface area contributed by atoms with Crippen LogP contribution in [0.5, 0.6) is 0 Å². The van der Waals surface area contributed by atoms with Crippen molar-refractivity contribution in [2.24, 2.45) is 5.10 Å². The summed E-state index contributed by atoms with van der Waals surface area (Å²) in [4.78, 5) is 11.1. The van der Waals surface area contributed by atoms with Crippen molar-refractivity contribution in [3.63, 3.8) is 0 Å². The highest BCUT2D eigenvalue weighted by molar-refractivity contribution is 9.10. The number of carbonyl (C=O) groups is 1. The lowest BCUT2D eigenvalue weighted by Gasteiger charge is -2.05. The largest absolute Gasteiger partial charge is 0.449 e. The number of nitrogens with zero attached hydrogens (tertiary/aromatic N) is 1. The van der Waals surface area contributed by atoms with Gasteiger partial charge in [-0.1, -0.05) is 35.0 Å². The molecule has 0 aromatic heterocycles. The maximum atomic E-state index is 11.1. The van der Waals surface area contributed by atoms with Gasteiger partial charge in [0, 0.05) is 4.47 Å². The van der Waals surface area contributed by atoms with Gasteiger partial charge in [-0.3, -0.25) is 0 Å². The van der Waals surface area contributed by atoms with Crippen LogP contribution in [0.25, 0.3) is 0 Å². The molecular weight excluding hydrogens is 284 g/mol. The Bertz CT molecular complexity index is 401. The van der Waals surface area contributed by atoms with Gasteiger partial charge in [0.1, 0.15) is 0 Å². The van der Waals surface area contributed by atoms with Crippen molar-refractivity contribution in [3.8, 4) is 0 Å². The van der Waals surface area contributed by atoms with Gasteiger partial charge in [0.15, 0.2) is 0 Å². The lowest BCUT2D eigenvalue weighted by molar-refractivity contribution is 0.152. The summed E-state index contributed by atoms with van der Waals surface area (Å²) in [6.07, 6.45) is 0.198. The molecule has 0 radical (unpaired) electrons. The van der Waals surface area contributed by atoms with E-state index >= 15 is 0 Å². The third kappa shape index (κ3) is 4.56. The van der Waals surface area contributed by atoms with E-state index in [9.17, 15) is 4.79 Å². The molecule has 0 aliphatic carbocycles. The smallest absolute Gasteiger partial charge is 0.427 e. The summed E-state index contributed by atoms with van der Waals surface area (Å²) in [5.41, 5.74) is 4.15. The molecule has 1 aromatic rings. The van der Waals surface area contributed by atoms with Gasteiger partial charge in [-0.2, -0.15) is 5.10 Å². The molecular formula is C12H15BrN2O2. The first-order valence-electron chi connectivity index (χ1n) is 5.42. The van der Waals surface area contributed by atoms with E-state index in [0.717, 1.165) is 22.2 Å². The van der Waals surface area contributed by atoms with Crippen LogP contribution >= 0.6 is 15.9 Å². The van der Waals surface area contributed by atoms with E-state index in [1.54, 1.807) is 6.92 Å². The van der Waals surface area contributed by atoms with E-state index in [1.165, 1.54) is 0 Å². The lowest BCUT2D eigenvalue weighted by Crippen LogP contribution is -2.20. The number of ether oxygens (including phenoxy) is 1. The Hall–Kier alpha value is -1.36. The molecule has 4 nitrogen and oxygen atoms in total.